The highest BCUT2D eigenvalue weighted by atomic mass is 32.2. The number of hydrogen-bond acceptors (Lipinski definition) is 6. The second-order valence-electron chi connectivity index (χ2n) is 6.68. The summed E-state index contributed by atoms with van der Waals surface area (Å²) in [5.41, 5.74) is 4.58. The van der Waals surface area contributed by atoms with Crippen molar-refractivity contribution in [3.63, 3.8) is 0 Å². The number of anilines is 2. The summed E-state index contributed by atoms with van der Waals surface area (Å²) in [4.78, 5) is 21.5. The smallest absolute Gasteiger partial charge is 0.258 e. The van der Waals surface area contributed by atoms with Crippen molar-refractivity contribution >= 4 is 29.2 Å². The maximum atomic E-state index is 12.8. The number of carbonyl (C=O) groups excluding carboxylic acids is 1. The Morgan fingerprint density at radius 3 is 2.62 bits per heavy atom. The first kappa shape index (κ1) is 20.8. The second-order valence-corrected chi connectivity index (χ2v) is 7.64. The van der Waals surface area contributed by atoms with Crippen LogP contribution in [0.2, 0.25) is 0 Å². The quantitative estimate of drug-likeness (QED) is 0.488. The molecule has 7 heteroatoms. The standard InChI is InChI=1S/C22H24N4O2S/c1-15-10-16(2)12-18(11-15)26-21(28)19-4-3-6-25-22(19)29-14-17-5-7-23-20(13-17)24-8-9-27/h3-7,10-13,27H,8-9,14H2,1-2H3,(H,23,24)(H,26,28). The summed E-state index contributed by atoms with van der Waals surface area (Å²) in [6.07, 6.45) is 3.42. The molecule has 0 spiro atoms. The number of carbonyl (C=O) groups is 1. The van der Waals surface area contributed by atoms with Gasteiger partial charge in [-0.2, -0.15) is 0 Å². The molecule has 0 fully saturated rings. The van der Waals surface area contributed by atoms with E-state index < -0.39 is 0 Å². The Balaban J connectivity index is 1.71. The molecule has 0 unspecified atom stereocenters. The molecule has 1 aromatic carbocycles. The monoisotopic (exact) mass is 408 g/mol. The fourth-order valence-corrected chi connectivity index (χ4v) is 3.85. The summed E-state index contributed by atoms with van der Waals surface area (Å²) in [6.45, 7) is 4.51. The number of aryl methyl sites for hydroxylation is 2. The molecule has 0 aliphatic carbocycles. The van der Waals surface area contributed by atoms with E-state index >= 15 is 0 Å². The highest BCUT2D eigenvalue weighted by Crippen LogP contribution is 2.26. The first-order valence-corrected chi connectivity index (χ1v) is 10.3. The fourth-order valence-electron chi connectivity index (χ4n) is 2.92. The van der Waals surface area contributed by atoms with Crippen molar-refractivity contribution in [1.82, 2.24) is 9.97 Å². The van der Waals surface area contributed by atoms with E-state index in [1.54, 1.807) is 24.5 Å². The van der Waals surface area contributed by atoms with Crippen molar-refractivity contribution in [2.24, 2.45) is 0 Å². The van der Waals surface area contributed by atoms with Gasteiger partial charge in [0.05, 0.1) is 12.2 Å². The van der Waals surface area contributed by atoms with Gasteiger partial charge in [-0.05, 0) is 66.9 Å². The van der Waals surface area contributed by atoms with Crippen LogP contribution in [0, 0.1) is 13.8 Å². The molecule has 0 atom stereocenters. The summed E-state index contributed by atoms with van der Waals surface area (Å²) in [6, 6.07) is 13.4. The molecule has 2 heterocycles. The van der Waals surface area contributed by atoms with Gasteiger partial charge in [-0.25, -0.2) is 9.97 Å². The first-order valence-electron chi connectivity index (χ1n) is 9.32. The predicted molar refractivity (Wildman–Crippen MR) is 117 cm³/mol. The molecule has 0 aliphatic rings. The van der Waals surface area contributed by atoms with E-state index in [1.807, 2.05) is 38.1 Å². The van der Waals surface area contributed by atoms with Crippen LogP contribution < -0.4 is 10.6 Å². The number of pyridine rings is 2. The van der Waals surface area contributed by atoms with Crippen LogP contribution in [0.25, 0.3) is 0 Å². The molecule has 6 nitrogen and oxygen atoms in total. The number of rotatable bonds is 8. The first-order chi connectivity index (χ1) is 14.0. The summed E-state index contributed by atoms with van der Waals surface area (Å²) >= 11 is 1.50. The molecule has 2 aromatic heterocycles. The van der Waals surface area contributed by atoms with E-state index in [9.17, 15) is 4.79 Å². The second kappa shape index (κ2) is 10.0. The van der Waals surface area contributed by atoms with Crippen molar-refractivity contribution in [2.75, 3.05) is 23.8 Å². The van der Waals surface area contributed by atoms with Crippen LogP contribution in [0.3, 0.4) is 0 Å². The molecule has 1 amide bonds. The molecular formula is C22H24N4O2S. The van der Waals surface area contributed by atoms with E-state index in [1.165, 1.54) is 11.8 Å². The molecule has 3 N–H and O–H groups in total. The van der Waals surface area contributed by atoms with Gasteiger partial charge in [0.2, 0.25) is 0 Å². The Morgan fingerprint density at radius 1 is 1.07 bits per heavy atom. The highest BCUT2D eigenvalue weighted by molar-refractivity contribution is 7.98. The Labute approximate surface area is 174 Å². The molecule has 3 aromatic rings. The van der Waals surface area contributed by atoms with Gasteiger partial charge in [-0.3, -0.25) is 4.79 Å². The summed E-state index contributed by atoms with van der Waals surface area (Å²) in [5, 5.41) is 15.6. The SMILES string of the molecule is Cc1cc(C)cc(NC(=O)c2cccnc2SCc2ccnc(NCCO)c2)c1. The van der Waals surface area contributed by atoms with Crippen molar-refractivity contribution in [1.29, 1.82) is 0 Å². The minimum Gasteiger partial charge on any atom is -0.395 e. The summed E-state index contributed by atoms with van der Waals surface area (Å²) in [7, 11) is 0. The zero-order chi connectivity index (χ0) is 20.6. The van der Waals surface area contributed by atoms with E-state index in [0.717, 1.165) is 22.4 Å². The number of aliphatic hydroxyl groups excluding tert-OH is 1. The van der Waals surface area contributed by atoms with Gasteiger partial charge in [0.15, 0.2) is 0 Å². The minimum absolute atomic E-state index is 0.0491. The average Bonchev–Trinajstić information content (AvgIpc) is 2.70. The molecule has 0 bridgehead atoms. The van der Waals surface area contributed by atoms with Gasteiger partial charge >= 0.3 is 0 Å². The largest absolute Gasteiger partial charge is 0.395 e. The van der Waals surface area contributed by atoms with Crippen LogP contribution in [0.4, 0.5) is 11.5 Å². The topological polar surface area (TPSA) is 87.1 Å². The third kappa shape index (κ3) is 6.04. The van der Waals surface area contributed by atoms with Crippen LogP contribution >= 0.6 is 11.8 Å². The number of hydrogen-bond donors (Lipinski definition) is 3. The number of aromatic nitrogens is 2. The lowest BCUT2D eigenvalue weighted by atomic mass is 10.1. The van der Waals surface area contributed by atoms with Crippen molar-refractivity contribution in [2.45, 2.75) is 24.6 Å². The molecule has 29 heavy (non-hydrogen) atoms. The maximum absolute atomic E-state index is 12.8. The van der Waals surface area contributed by atoms with Crippen LogP contribution in [-0.4, -0.2) is 34.1 Å². The summed E-state index contributed by atoms with van der Waals surface area (Å²) < 4.78 is 0. The molecule has 3 rings (SSSR count). The molecule has 0 saturated carbocycles. The fraction of sp³-hybridized carbons (Fsp3) is 0.227. The molecule has 150 valence electrons. The number of nitrogens with zero attached hydrogens (tertiary/aromatic N) is 2. The molecule has 0 aliphatic heterocycles. The zero-order valence-corrected chi connectivity index (χ0v) is 17.3. The Bertz CT molecular complexity index is 974. The van der Waals surface area contributed by atoms with Crippen molar-refractivity contribution in [3.05, 3.63) is 77.1 Å². The van der Waals surface area contributed by atoms with E-state index in [-0.39, 0.29) is 12.5 Å². The Kier molecular flexibility index (Phi) is 7.21. The van der Waals surface area contributed by atoms with Crippen LogP contribution in [-0.2, 0) is 5.75 Å². The van der Waals surface area contributed by atoms with E-state index in [0.29, 0.717) is 28.7 Å². The lowest BCUT2D eigenvalue weighted by molar-refractivity contribution is 0.102. The van der Waals surface area contributed by atoms with Gasteiger partial charge in [-0.1, -0.05) is 6.07 Å². The number of thioether (sulfide) groups is 1. The Morgan fingerprint density at radius 2 is 1.86 bits per heavy atom. The summed E-state index contributed by atoms with van der Waals surface area (Å²) in [5.74, 6) is 1.19. The van der Waals surface area contributed by atoms with E-state index in [2.05, 4.69) is 26.7 Å². The van der Waals surface area contributed by atoms with E-state index in [4.69, 9.17) is 5.11 Å². The van der Waals surface area contributed by atoms with Gasteiger partial charge in [0.25, 0.3) is 5.91 Å². The predicted octanol–water partition coefficient (Wildman–Crippen LogP) is 4.04. The minimum atomic E-state index is -0.175. The average molecular weight is 409 g/mol. The number of aliphatic hydroxyl groups is 1. The third-order valence-corrected chi connectivity index (χ3v) is 5.19. The van der Waals surface area contributed by atoms with Crippen molar-refractivity contribution in [3.8, 4) is 0 Å². The van der Waals surface area contributed by atoms with Crippen LogP contribution in [0.15, 0.2) is 59.9 Å². The van der Waals surface area contributed by atoms with Gasteiger partial charge in [-0.15, -0.1) is 11.8 Å². The van der Waals surface area contributed by atoms with Gasteiger partial charge in [0.1, 0.15) is 10.8 Å². The molecule has 0 radical (unpaired) electrons. The molecular weight excluding hydrogens is 384 g/mol. The number of nitrogens with one attached hydrogen (secondary N) is 2. The molecule has 0 saturated heterocycles. The van der Waals surface area contributed by atoms with Crippen molar-refractivity contribution < 1.29 is 9.90 Å². The lowest BCUT2D eigenvalue weighted by Crippen LogP contribution is -2.14. The van der Waals surface area contributed by atoms with Gasteiger partial charge < -0.3 is 15.7 Å². The maximum Gasteiger partial charge on any atom is 0.258 e. The highest BCUT2D eigenvalue weighted by Gasteiger charge is 2.14. The zero-order valence-electron chi connectivity index (χ0n) is 16.5. The number of benzene rings is 1. The van der Waals surface area contributed by atoms with Gasteiger partial charge in [0, 0.05) is 30.4 Å². The Hall–Kier alpha value is -2.90. The third-order valence-electron chi connectivity index (χ3n) is 4.11. The van der Waals surface area contributed by atoms with Crippen LogP contribution in [0.1, 0.15) is 27.0 Å². The normalized spacial score (nSPS) is 10.6. The van der Waals surface area contributed by atoms with Crippen LogP contribution in [0.5, 0.6) is 0 Å². The number of amides is 1. The lowest BCUT2D eigenvalue weighted by Gasteiger charge is -2.11.